The molecule has 0 saturated carbocycles. The number of carbonyl (C=O) groups is 1. The lowest BCUT2D eigenvalue weighted by atomic mass is 9.82. The minimum absolute atomic E-state index is 0.167. The van der Waals surface area contributed by atoms with E-state index < -0.39 is 18.3 Å². The first-order valence-electron chi connectivity index (χ1n) is 7.41. The van der Waals surface area contributed by atoms with Crippen LogP contribution in [0.2, 0.25) is 0 Å². The van der Waals surface area contributed by atoms with E-state index in [-0.39, 0.29) is 18.4 Å². The maximum absolute atomic E-state index is 13.6. The molecule has 0 saturated heterocycles. The van der Waals surface area contributed by atoms with Gasteiger partial charge in [-0.1, -0.05) is 18.9 Å². The SMILES string of the molecule is COC(=O)C1=C(/C2=C/CCCCCC2)CCC(F)(F)C1. The standard InChI is InChI=1S/C16H22F2O2/c1-20-15(19)14-11-16(17,18)10-9-13(14)12-7-5-3-2-4-6-8-12/h7H,2-6,8-11H2,1H3/b12-7+. The van der Waals surface area contributed by atoms with Gasteiger partial charge in [0.05, 0.1) is 7.11 Å². The monoisotopic (exact) mass is 284 g/mol. The van der Waals surface area contributed by atoms with Gasteiger partial charge in [0.1, 0.15) is 0 Å². The highest BCUT2D eigenvalue weighted by Crippen LogP contribution is 2.41. The molecule has 0 bridgehead atoms. The van der Waals surface area contributed by atoms with Crippen LogP contribution in [0.25, 0.3) is 0 Å². The summed E-state index contributed by atoms with van der Waals surface area (Å²) in [6, 6.07) is 0. The Labute approximate surface area is 118 Å². The molecule has 0 aromatic heterocycles. The van der Waals surface area contributed by atoms with Crippen LogP contribution in [0.1, 0.15) is 57.8 Å². The molecule has 4 heteroatoms. The lowest BCUT2D eigenvalue weighted by Gasteiger charge is -2.27. The zero-order valence-corrected chi connectivity index (χ0v) is 12.0. The van der Waals surface area contributed by atoms with E-state index in [1.54, 1.807) is 0 Å². The second-order valence-corrected chi connectivity index (χ2v) is 5.66. The number of halogens is 2. The van der Waals surface area contributed by atoms with Crippen molar-refractivity contribution < 1.29 is 18.3 Å². The number of carbonyl (C=O) groups excluding carboxylic acids is 1. The first-order valence-corrected chi connectivity index (χ1v) is 7.41. The molecular weight excluding hydrogens is 262 g/mol. The van der Waals surface area contributed by atoms with Crippen molar-refractivity contribution in [1.82, 2.24) is 0 Å². The Bertz CT molecular complexity index is 436. The topological polar surface area (TPSA) is 26.3 Å². The summed E-state index contributed by atoms with van der Waals surface area (Å²) in [7, 11) is 1.26. The molecule has 2 aliphatic rings. The minimum Gasteiger partial charge on any atom is -0.466 e. The van der Waals surface area contributed by atoms with Crippen molar-refractivity contribution in [2.45, 2.75) is 63.7 Å². The molecule has 0 N–H and O–H groups in total. The number of methoxy groups -OCH3 is 1. The molecule has 2 nitrogen and oxygen atoms in total. The molecule has 2 rings (SSSR count). The second kappa shape index (κ2) is 6.51. The van der Waals surface area contributed by atoms with Gasteiger partial charge in [0.25, 0.3) is 5.92 Å². The highest BCUT2D eigenvalue weighted by Gasteiger charge is 2.38. The van der Waals surface area contributed by atoms with Crippen molar-refractivity contribution in [1.29, 1.82) is 0 Å². The molecule has 20 heavy (non-hydrogen) atoms. The lowest BCUT2D eigenvalue weighted by molar-refractivity contribution is -0.137. The molecule has 0 fully saturated rings. The lowest BCUT2D eigenvalue weighted by Crippen LogP contribution is -2.26. The highest BCUT2D eigenvalue weighted by atomic mass is 19.3. The van der Waals surface area contributed by atoms with Crippen LogP contribution < -0.4 is 0 Å². The summed E-state index contributed by atoms with van der Waals surface area (Å²) in [4.78, 5) is 11.8. The van der Waals surface area contributed by atoms with Crippen molar-refractivity contribution in [2.24, 2.45) is 0 Å². The van der Waals surface area contributed by atoms with E-state index in [1.807, 2.05) is 0 Å². The van der Waals surface area contributed by atoms with Crippen molar-refractivity contribution >= 4 is 5.97 Å². The van der Waals surface area contributed by atoms with Gasteiger partial charge in [-0.25, -0.2) is 13.6 Å². The normalized spacial score (nSPS) is 26.2. The maximum Gasteiger partial charge on any atom is 0.334 e. The number of hydrogen-bond donors (Lipinski definition) is 0. The van der Waals surface area contributed by atoms with E-state index in [0.29, 0.717) is 0 Å². The zero-order valence-electron chi connectivity index (χ0n) is 12.0. The van der Waals surface area contributed by atoms with Gasteiger partial charge in [-0.3, -0.25) is 0 Å². The van der Waals surface area contributed by atoms with Gasteiger partial charge in [-0.05, 0) is 43.3 Å². The van der Waals surface area contributed by atoms with Gasteiger partial charge >= 0.3 is 5.97 Å². The van der Waals surface area contributed by atoms with Crippen molar-refractivity contribution in [3.63, 3.8) is 0 Å². The van der Waals surface area contributed by atoms with Crippen molar-refractivity contribution in [3.8, 4) is 0 Å². The van der Waals surface area contributed by atoms with E-state index in [2.05, 4.69) is 6.08 Å². The third-order valence-electron chi connectivity index (χ3n) is 4.15. The zero-order chi connectivity index (χ0) is 14.6. The van der Waals surface area contributed by atoms with Gasteiger partial charge in [0, 0.05) is 18.4 Å². The third-order valence-corrected chi connectivity index (χ3v) is 4.15. The summed E-state index contributed by atoms with van der Waals surface area (Å²) >= 11 is 0. The molecule has 0 unspecified atom stereocenters. The summed E-state index contributed by atoms with van der Waals surface area (Å²) in [5, 5.41) is 0. The molecule has 112 valence electrons. The molecule has 0 amide bonds. The Balaban J connectivity index is 2.32. The predicted octanol–water partition coefficient (Wildman–Crippen LogP) is 4.56. The molecule has 0 aromatic rings. The summed E-state index contributed by atoms with van der Waals surface area (Å²) in [6.45, 7) is 0. The molecule has 0 aromatic carbocycles. The van der Waals surface area contributed by atoms with Crippen molar-refractivity contribution in [3.05, 3.63) is 22.8 Å². The van der Waals surface area contributed by atoms with E-state index >= 15 is 0 Å². The molecule has 0 atom stereocenters. The first kappa shape index (κ1) is 15.2. The fraction of sp³-hybridized carbons (Fsp3) is 0.688. The summed E-state index contributed by atoms with van der Waals surface area (Å²) in [6.07, 6.45) is 8.25. The maximum atomic E-state index is 13.6. The van der Waals surface area contributed by atoms with Gasteiger partial charge in [0.15, 0.2) is 0 Å². The Morgan fingerprint density at radius 3 is 2.70 bits per heavy atom. The number of esters is 1. The van der Waals surface area contributed by atoms with Crippen LogP contribution in [-0.2, 0) is 9.53 Å². The quantitative estimate of drug-likeness (QED) is 0.695. The molecule has 2 aliphatic carbocycles. The van der Waals surface area contributed by atoms with E-state index in [0.717, 1.165) is 36.8 Å². The van der Waals surface area contributed by atoms with Crippen LogP contribution in [0.3, 0.4) is 0 Å². The summed E-state index contributed by atoms with van der Waals surface area (Å²) in [5.41, 5.74) is 2.11. The van der Waals surface area contributed by atoms with Crippen LogP contribution in [-0.4, -0.2) is 19.0 Å². The third kappa shape index (κ3) is 3.68. The number of hydrogen-bond acceptors (Lipinski definition) is 2. The minimum atomic E-state index is -2.78. The molecular formula is C16H22F2O2. The Kier molecular flexibility index (Phi) is 4.95. The van der Waals surface area contributed by atoms with Gasteiger partial charge in [-0.15, -0.1) is 0 Å². The highest BCUT2D eigenvalue weighted by molar-refractivity contribution is 5.90. The van der Waals surface area contributed by atoms with E-state index in [9.17, 15) is 13.6 Å². The van der Waals surface area contributed by atoms with Crippen molar-refractivity contribution in [2.75, 3.05) is 7.11 Å². The van der Waals surface area contributed by atoms with Crippen LogP contribution in [0.15, 0.2) is 22.8 Å². The second-order valence-electron chi connectivity index (χ2n) is 5.66. The smallest absolute Gasteiger partial charge is 0.334 e. The molecule has 0 aliphatic heterocycles. The van der Waals surface area contributed by atoms with Crippen LogP contribution in [0, 0.1) is 0 Å². The van der Waals surface area contributed by atoms with Crippen LogP contribution >= 0.6 is 0 Å². The van der Waals surface area contributed by atoms with Gasteiger partial charge in [-0.2, -0.15) is 0 Å². The largest absolute Gasteiger partial charge is 0.466 e. The van der Waals surface area contributed by atoms with E-state index in [1.165, 1.54) is 20.0 Å². The summed E-state index contributed by atoms with van der Waals surface area (Å²) < 4.78 is 31.9. The van der Waals surface area contributed by atoms with Crippen LogP contribution in [0.5, 0.6) is 0 Å². The number of rotatable bonds is 2. The Morgan fingerprint density at radius 1 is 1.20 bits per heavy atom. The number of ether oxygens (including phenoxy) is 1. The molecule has 0 spiro atoms. The average Bonchev–Trinajstić information content (AvgIpc) is 2.37. The average molecular weight is 284 g/mol. The van der Waals surface area contributed by atoms with Crippen LogP contribution in [0.4, 0.5) is 8.78 Å². The Hall–Kier alpha value is -1.19. The Morgan fingerprint density at radius 2 is 1.95 bits per heavy atom. The predicted molar refractivity (Wildman–Crippen MR) is 73.6 cm³/mol. The van der Waals surface area contributed by atoms with E-state index in [4.69, 9.17) is 4.74 Å². The fourth-order valence-electron chi connectivity index (χ4n) is 3.05. The number of allylic oxidation sites excluding steroid dienone is 3. The summed E-state index contributed by atoms with van der Waals surface area (Å²) in [5.74, 6) is -3.38. The fourth-order valence-corrected chi connectivity index (χ4v) is 3.05. The van der Waals surface area contributed by atoms with Gasteiger partial charge < -0.3 is 4.74 Å². The molecule has 0 heterocycles. The molecule has 0 radical (unpaired) electrons. The van der Waals surface area contributed by atoms with Gasteiger partial charge in [0.2, 0.25) is 0 Å². The first-order chi connectivity index (χ1) is 9.53. The number of alkyl halides is 2.